The zero-order valence-electron chi connectivity index (χ0n) is 5.68. The van der Waals surface area contributed by atoms with Crippen molar-refractivity contribution in [2.45, 2.75) is 13.8 Å². The molecular weight excluding hydrogens is 113 g/mol. The Hall–Kier alpha value is -0.980. The predicted molar refractivity (Wildman–Crippen MR) is 37.6 cm³/mol. The number of phenols is 1. The molecule has 0 aromatic heterocycles. The van der Waals surface area contributed by atoms with E-state index in [0.717, 1.165) is 11.1 Å². The summed E-state index contributed by atoms with van der Waals surface area (Å²) in [5.74, 6) is 0.384. The largest absolute Gasteiger partial charge is 0.508 e. The molecule has 1 rings (SSSR count). The van der Waals surface area contributed by atoms with E-state index in [1.54, 1.807) is 6.07 Å². The number of benzene rings is 1. The van der Waals surface area contributed by atoms with Crippen LogP contribution in [0.25, 0.3) is 0 Å². The van der Waals surface area contributed by atoms with Crippen molar-refractivity contribution < 1.29 is 5.11 Å². The number of rotatable bonds is 0. The highest BCUT2D eigenvalue weighted by atomic mass is 16.3. The summed E-state index contributed by atoms with van der Waals surface area (Å²) in [5, 5.41) is 9.10. The van der Waals surface area contributed by atoms with E-state index in [0.29, 0.717) is 5.75 Å². The Morgan fingerprint density at radius 1 is 1.22 bits per heavy atom. The molecule has 0 heterocycles. The van der Waals surface area contributed by atoms with E-state index in [2.05, 4.69) is 0 Å². The Morgan fingerprint density at radius 2 is 1.89 bits per heavy atom. The molecule has 1 aromatic carbocycles. The van der Waals surface area contributed by atoms with Crippen LogP contribution in [0.15, 0.2) is 18.2 Å². The number of phenolic OH excluding ortho intramolecular Hbond substituents is 1. The third-order valence-electron chi connectivity index (χ3n) is 1.58. The van der Waals surface area contributed by atoms with Crippen molar-refractivity contribution in [3.8, 4) is 5.75 Å². The highest BCUT2D eigenvalue weighted by Gasteiger charge is 1.94. The van der Waals surface area contributed by atoms with Gasteiger partial charge in [0.1, 0.15) is 5.75 Å². The summed E-state index contributed by atoms with van der Waals surface area (Å²) in [7, 11) is 0. The van der Waals surface area contributed by atoms with E-state index in [9.17, 15) is 0 Å². The molecule has 0 amide bonds. The van der Waals surface area contributed by atoms with Gasteiger partial charge in [-0.2, -0.15) is 0 Å². The maximum atomic E-state index is 9.10. The van der Waals surface area contributed by atoms with Gasteiger partial charge in [0.05, 0.1) is 0 Å². The molecule has 1 heteroatoms. The van der Waals surface area contributed by atoms with Crippen LogP contribution < -0.4 is 0 Å². The van der Waals surface area contributed by atoms with Crippen LogP contribution in [0.4, 0.5) is 0 Å². The normalized spacial score (nSPS) is 9.56. The van der Waals surface area contributed by atoms with Crippen LogP contribution in [0.3, 0.4) is 0 Å². The molecule has 1 N–H and O–H groups in total. The van der Waals surface area contributed by atoms with Crippen molar-refractivity contribution in [3.05, 3.63) is 29.3 Å². The second-order valence-electron chi connectivity index (χ2n) is 2.22. The molecule has 9 heavy (non-hydrogen) atoms. The van der Waals surface area contributed by atoms with Crippen LogP contribution >= 0.6 is 0 Å². The Kier molecular flexibility index (Phi) is 1.43. The second kappa shape index (κ2) is 2.09. The molecule has 0 spiro atoms. The predicted octanol–water partition coefficient (Wildman–Crippen LogP) is 2.01. The first-order valence-corrected chi connectivity index (χ1v) is 2.97. The van der Waals surface area contributed by atoms with Crippen LogP contribution in [-0.2, 0) is 0 Å². The minimum Gasteiger partial charge on any atom is -0.508 e. The van der Waals surface area contributed by atoms with Crippen molar-refractivity contribution in [2.75, 3.05) is 0 Å². The standard InChI is InChI=1S/C8H10O/c1-6-4-3-5-8(9)7(6)2/h3-5,9H,1-2H3/i8+1. The van der Waals surface area contributed by atoms with Crippen molar-refractivity contribution in [2.24, 2.45) is 0 Å². The van der Waals surface area contributed by atoms with E-state index in [4.69, 9.17) is 5.11 Å². The van der Waals surface area contributed by atoms with Crippen molar-refractivity contribution in [3.63, 3.8) is 0 Å². The second-order valence-corrected chi connectivity index (χ2v) is 2.22. The summed E-state index contributed by atoms with van der Waals surface area (Å²) < 4.78 is 0. The van der Waals surface area contributed by atoms with Crippen molar-refractivity contribution in [1.82, 2.24) is 0 Å². The molecule has 0 bridgehead atoms. The van der Waals surface area contributed by atoms with Gasteiger partial charge in [0.2, 0.25) is 0 Å². The van der Waals surface area contributed by atoms with E-state index < -0.39 is 0 Å². The molecule has 0 aliphatic heterocycles. The van der Waals surface area contributed by atoms with Gasteiger partial charge in [-0.05, 0) is 31.0 Å². The number of aromatic hydroxyl groups is 1. The first-order chi connectivity index (χ1) is 4.22. The van der Waals surface area contributed by atoms with Crippen LogP contribution in [-0.4, -0.2) is 5.11 Å². The number of aryl methyl sites for hydroxylation is 1. The number of hydrogen-bond donors (Lipinski definition) is 1. The Balaban J connectivity index is 3.25. The summed E-state index contributed by atoms with van der Waals surface area (Å²) in [6, 6.07) is 5.52. The maximum Gasteiger partial charge on any atom is 0.118 e. The molecule has 48 valence electrons. The van der Waals surface area contributed by atoms with Gasteiger partial charge in [-0.3, -0.25) is 0 Å². The van der Waals surface area contributed by atoms with Crippen LogP contribution in [0, 0.1) is 13.8 Å². The zero-order chi connectivity index (χ0) is 6.85. The molecule has 1 aromatic rings. The summed E-state index contributed by atoms with van der Waals surface area (Å²) >= 11 is 0. The summed E-state index contributed by atoms with van der Waals surface area (Å²) in [4.78, 5) is 0. The van der Waals surface area contributed by atoms with Gasteiger partial charge in [0.15, 0.2) is 0 Å². The van der Waals surface area contributed by atoms with E-state index in [1.807, 2.05) is 26.0 Å². The summed E-state index contributed by atoms with van der Waals surface area (Å²) in [6.45, 7) is 3.89. The van der Waals surface area contributed by atoms with Crippen LogP contribution in [0.5, 0.6) is 5.75 Å². The molecule has 0 aliphatic rings. The molecular formula is C8H10O. The zero-order valence-corrected chi connectivity index (χ0v) is 5.68. The Morgan fingerprint density at radius 3 is 2.33 bits per heavy atom. The lowest BCUT2D eigenvalue weighted by Crippen LogP contribution is -1.78. The van der Waals surface area contributed by atoms with Crippen LogP contribution in [0.1, 0.15) is 11.1 Å². The van der Waals surface area contributed by atoms with Gasteiger partial charge in [-0.1, -0.05) is 12.1 Å². The fourth-order valence-corrected chi connectivity index (χ4v) is 0.736. The van der Waals surface area contributed by atoms with Gasteiger partial charge >= 0.3 is 0 Å². The Bertz CT molecular complexity index is 196. The Labute approximate surface area is 55.0 Å². The van der Waals surface area contributed by atoms with Gasteiger partial charge < -0.3 is 5.11 Å². The van der Waals surface area contributed by atoms with Crippen molar-refractivity contribution >= 4 is 0 Å². The minimum absolute atomic E-state index is 0.384. The lowest BCUT2D eigenvalue weighted by atomic mass is 10.2. The molecule has 0 atom stereocenters. The van der Waals surface area contributed by atoms with E-state index in [1.165, 1.54) is 0 Å². The molecule has 0 radical (unpaired) electrons. The van der Waals surface area contributed by atoms with Gasteiger partial charge in [0, 0.05) is 0 Å². The van der Waals surface area contributed by atoms with E-state index >= 15 is 0 Å². The SMILES string of the molecule is Cc1ccc[13c](O)c1C. The number of hydrogen-bond acceptors (Lipinski definition) is 1. The fraction of sp³-hybridized carbons (Fsp3) is 0.250. The van der Waals surface area contributed by atoms with E-state index in [-0.39, 0.29) is 0 Å². The molecule has 0 unspecified atom stereocenters. The maximum absolute atomic E-state index is 9.10. The highest BCUT2D eigenvalue weighted by molar-refractivity contribution is 5.36. The average Bonchev–Trinajstić information content (AvgIpc) is 1.83. The topological polar surface area (TPSA) is 20.2 Å². The monoisotopic (exact) mass is 123 g/mol. The fourth-order valence-electron chi connectivity index (χ4n) is 0.736. The highest BCUT2D eigenvalue weighted by Crippen LogP contribution is 2.17. The van der Waals surface area contributed by atoms with Gasteiger partial charge in [-0.25, -0.2) is 0 Å². The lowest BCUT2D eigenvalue weighted by molar-refractivity contribution is 0.470. The minimum atomic E-state index is 0.384. The average molecular weight is 123 g/mol. The van der Waals surface area contributed by atoms with Gasteiger partial charge in [-0.15, -0.1) is 0 Å². The molecule has 0 fully saturated rings. The van der Waals surface area contributed by atoms with Gasteiger partial charge in [0.25, 0.3) is 0 Å². The molecule has 0 saturated carbocycles. The summed E-state index contributed by atoms with van der Waals surface area (Å²) in [5.41, 5.74) is 2.10. The molecule has 0 aliphatic carbocycles. The third-order valence-corrected chi connectivity index (χ3v) is 1.58. The third kappa shape index (κ3) is 1.04. The molecule has 1 nitrogen and oxygen atoms in total. The van der Waals surface area contributed by atoms with Crippen LogP contribution in [0.2, 0.25) is 0 Å². The first kappa shape index (κ1) is 6.14. The first-order valence-electron chi connectivity index (χ1n) is 2.97. The smallest absolute Gasteiger partial charge is 0.118 e. The quantitative estimate of drug-likeness (QED) is 0.559. The van der Waals surface area contributed by atoms with Crippen molar-refractivity contribution in [1.29, 1.82) is 0 Å². The molecule has 0 saturated heterocycles. The summed E-state index contributed by atoms with van der Waals surface area (Å²) in [6.07, 6.45) is 0. The lowest BCUT2D eigenvalue weighted by Gasteiger charge is -1.99.